The van der Waals surface area contributed by atoms with Gasteiger partial charge in [-0.3, -0.25) is 18.7 Å². The normalized spacial score (nSPS) is 12.4. The lowest BCUT2D eigenvalue weighted by Crippen LogP contribution is -2.44. The summed E-state index contributed by atoms with van der Waals surface area (Å²) in [6.07, 6.45) is 0. The van der Waals surface area contributed by atoms with Gasteiger partial charge in [-0.25, -0.2) is 9.59 Å². The molecule has 0 unspecified atom stereocenters. The first-order chi connectivity index (χ1) is 20.2. The van der Waals surface area contributed by atoms with Crippen LogP contribution in [0.4, 0.5) is 0 Å². The number of benzene rings is 2. The fourth-order valence-corrected chi connectivity index (χ4v) is 4.04. The van der Waals surface area contributed by atoms with E-state index in [-0.39, 0.29) is 47.2 Å². The van der Waals surface area contributed by atoms with Crippen molar-refractivity contribution in [3.05, 3.63) is 59.7 Å². The second-order valence-electron chi connectivity index (χ2n) is 10.1. The van der Waals surface area contributed by atoms with Gasteiger partial charge in [-0.1, -0.05) is 0 Å². The number of hydrogen-bond acceptors (Lipinski definition) is 12. The lowest BCUT2D eigenvalue weighted by Gasteiger charge is -2.22. The highest BCUT2D eigenvalue weighted by atomic mass is 32.2. The van der Waals surface area contributed by atoms with E-state index in [0.29, 0.717) is 0 Å². The molecule has 0 atom stereocenters. The van der Waals surface area contributed by atoms with Crippen LogP contribution in [0.25, 0.3) is 0 Å². The molecule has 0 saturated heterocycles. The molecule has 0 aliphatic rings. The third-order valence-electron chi connectivity index (χ3n) is 5.68. The van der Waals surface area contributed by atoms with Gasteiger partial charge in [-0.2, -0.15) is 27.1 Å². The van der Waals surface area contributed by atoms with Crippen LogP contribution in [0.15, 0.2) is 68.6 Å². The van der Waals surface area contributed by atoms with Gasteiger partial charge in [0.15, 0.2) is 11.1 Å². The standard InChI is InChI=1S/C26H32N4O12S2/c1-25(2,23(33)27-13-15-41-21(31)17-5-9-19(10-6-17)43(35,36)37)29-30-26(3,4)24(34)28-14-16-42-22(32)18-7-11-20(12-8-18)44(38,39)40/h5-12H,13-16H2,1-4H3,(H,27,33)(H,28,34)(H,35,36,37)(H,38,39,40). The van der Waals surface area contributed by atoms with E-state index in [0.717, 1.165) is 48.5 Å². The summed E-state index contributed by atoms with van der Waals surface area (Å²) in [5.74, 6) is -2.72. The number of nitrogens with one attached hydrogen (secondary N) is 2. The number of esters is 2. The van der Waals surface area contributed by atoms with E-state index in [4.69, 9.17) is 18.6 Å². The molecule has 0 radical (unpaired) electrons. The quantitative estimate of drug-likeness (QED) is 0.0977. The van der Waals surface area contributed by atoms with Crippen LogP contribution in [-0.4, -0.2) is 87.1 Å². The van der Waals surface area contributed by atoms with Gasteiger partial charge in [0.05, 0.1) is 34.0 Å². The highest BCUT2D eigenvalue weighted by Gasteiger charge is 2.32. The van der Waals surface area contributed by atoms with E-state index in [1.54, 1.807) is 0 Å². The molecule has 4 N–H and O–H groups in total. The molecule has 16 nitrogen and oxygen atoms in total. The highest BCUT2D eigenvalue weighted by molar-refractivity contribution is 7.86. The first-order valence-corrected chi connectivity index (χ1v) is 15.6. The van der Waals surface area contributed by atoms with Gasteiger partial charge in [0.2, 0.25) is 11.8 Å². The van der Waals surface area contributed by atoms with E-state index in [1.807, 2.05) is 0 Å². The van der Waals surface area contributed by atoms with Crippen molar-refractivity contribution in [2.45, 2.75) is 48.6 Å². The zero-order valence-electron chi connectivity index (χ0n) is 24.1. The van der Waals surface area contributed by atoms with Crippen LogP contribution >= 0.6 is 0 Å². The molecule has 2 rings (SSSR count). The molecule has 2 aromatic carbocycles. The summed E-state index contributed by atoms with van der Waals surface area (Å²) in [6.45, 7) is 5.20. The van der Waals surface area contributed by atoms with Crippen molar-refractivity contribution in [3.63, 3.8) is 0 Å². The maximum Gasteiger partial charge on any atom is 0.338 e. The number of hydrogen-bond donors (Lipinski definition) is 4. The Bertz CT molecular complexity index is 1500. The summed E-state index contributed by atoms with van der Waals surface area (Å²) in [5.41, 5.74) is -2.75. The van der Waals surface area contributed by atoms with Crippen molar-refractivity contribution in [3.8, 4) is 0 Å². The molecule has 2 amide bonds. The van der Waals surface area contributed by atoms with Gasteiger partial charge >= 0.3 is 11.9 Å². The minimum absolute atomic E-state index is 0.0320. The number of carbonyl (C=O) groups excluding carboxylic acids is 4. The van der Waals surface area contributed by atoms with Crippen LogP contribution in [0.1, 0.15) is 48.4 Å². The van der Waals surface area contributed by atoms with Crippen molar-refractivity contribution >= 4 is 44.0 Å². The average Bonchev–Trinajstić information content (AvgIpc) is 2.95. The molecule has 0 aromatic heterocycles. The summed E-state index contributed by atoms with van der Waals surface area (Å²) >= 11 is 0. The molecule has 0 fully saturated rings. The molecule has 0 heterocycles. The number of azo groups is 1. The summed E-state index contributed by atoms with van der Waals surface area (Å²) in [4.78, 5) is 48.6. The van der Waals surface area contributed by atoms with Crippen LogP contribution in [0.3, 0.4) is 0 Å². The molecule has 240 valence electrons. The smallest absolute Gasteiger partial charge is 0.338 e. The predicted molar refractivity (Wildman–Crippen MR) is 152 cm³/mol. The first-order valence-electron chi connectivity index (χ1n) is 12.7. The molecule has 0 spiro atoms. The minimum Gasteiger partial charge on any atom is -0.460 e. The average molecular weight is 657 g/mol. The van der Waals surface area contributed by atoms with Crippen LogP contribution in [0, 0.1) is 0 Å². The van der Waals surface area contributed by atoms with Gasteiger partial charge < -0.3 is 20.1 Å². The SMILES string of the molecule is CC(C)(N=NC(C)(C)C(=O)NCCOC(=O)c1ccc(S(=O)(=O)O)cc1)C(=O)NCCOC(=O)c1ccc(S(=O)(=O)O)cc1. The Morgan fingerprint density at radius 3 is 1.20 bits per heavy atom. The Morgan fingerprint density at radius 2 is 0.932 bits per heavy atom. The molecule has 0 aliphatic heterocycles. The number of carbonyl (C=O) groups is 4. The van der Waals surface area contributed by atoms with Crippen molar-refractivity contribution in [1.82, 2.24) is 10.6 Å². The van der Waals surface area contributed by atoms with Gasteiger partial charge in [-0.15, -0.1) is 0 Å². The first kappa shape index (κ1) is 35.9. The molecule has 0 aliphatic carbocycles. The fraction of sp³-hybridized carbons (Fsp3) is 0.385. The summed E-state index contributed by atoms with van der Waals surface area (Å²) in [7, 11) is -8.81. The summed E-state index contributed by atoms with van der Waals surface area (Å²) < 4.78 is 72.4. The number of amides is 2. The van der Waals surface area contributed by atoms with Crippen molar-refractivity contribution in [2.24, 2.45) is 10.2 Å². The zero-order valence-corrected chi connectivity index (χ0v) is 25.8. The molecule has 0 bridgehead atoms. The number of rotatable bonds is 14. The molecular weight excluding hydrogens is 624 g/mol. The topological polar surface area (TPSA) is 244 Å². The Kier molecular flexibility index (Phi) is 11.8. The van der Waals surface area contributed by atoms with E-state index < -0.39 is 55.1 Å². The van der Waals surface area contributed by atoms with E-state index in [2.05, 4.69) is 20.9 Å². The summed E-state index contributed by atoms with van der Waals surface area (Å²) in [5, 5.41) is 13.0. The van der Waals surface area contributed by atoms with Gasteiger partial charge in [0.25, 0.3) is 20.2 Å². The third-order valence-corrected chi connectivity index (χ3v) is 7.41. The second kappa shape index (κ2) is 14.5. The van der Waals surface area contributed by atoms with Crippen LogP contribution in [0.2, 0.25) is 0 Å². The Morgan fingerprint density at radius 1 is 0.636 bits per heavy atom. The van der Waals surface area contributed by atoms with Crippen molar-refractivity contribution in [2.75, 3.05) is 26.3 Å². The maximum atomic E-state index is 12.6. The van der Waals surface area contributed by atoms with Crippen LogP contribution in [-0.2, 0) is 39.3 Å². The number of nitrogens with zero attached hydrogens (tertiary/aromatic N) is 2. The zero-order chi connectivity index (χ0) is 33.3. The van der Waals surface area contributed by atoms with Crippen molar-refractivity contribution < 1.29 is 54.6 Å². The third kappa shape index (κ3) is 10.8. The Hall–Kier alpha value is -4.26. The molecular formula is C26H32N4O12S2. The second-order valence-corrected chi connectivity index (χ2v) is 12.9. The van der Waals surface area contributed by atoms with Gasteiger partial charge in [-0.05, 0) is 76.2 Å². The highest BCUT2D eigenvalue weighted by Crippen LogP contribution is 2.17. The fourth-order valence-electron chi connectivity index (χ4n) is 3.08. The van der Waals surface area contributed by atoms with E-state index in [1.165, 1.54) is 27.7 Å². The lowest BCUT2D eigenvalue weighted by molar-refractivity contribution is -0.127. The van der Waals surface area contributed by atoms with Crippen molar-refractivity contribution in [1.29, 1.82) is 0 Å². The molecule has 18 heteroatoms. The Labute approximate surface area is 253 Å². The van der Waals surface area contributed by atoms with Gasteiger partial charge in [0.1, 0.15) is 13.2 Å². The lowest BCUT2D eigenvalue weighted by atomic mass is 10.0. The largest absolute Gasteiger partial charge is 0.460 e. The number of ether oxygens (including phenoxy) is 2. The molecule has 0 saturated carbocycles. The van der Waals surface area contributed by atoms with E-state index >= 15 is 0 Å². The summed E-state index contributed by atoms with van der Waals surface area (Å²) in [6, 6.07) is 8.80. The van der Waals surface area contributed by atoms with Gasteiger partial charge in [0, 0.05) is 0 Å². The van der Waals surface area contributed by atoms with E-state index in [9.17, 15) is 36.0 Å². The van der Waals surface area contributed by atoms with Crippen LogP contribution < -0.4 is 10.6 Å². The molecule has 2 aromatic rings. The monoisotopic (exact) mass is 656 g/mol. The van der Waals surface area contributed by atoms with Crippen LogP contribution in [0.5, 0.6) is 0 Å². The molecule has 44 heavy (non-hydrogen) atoms. The Balaban J connectivity index is 1.78. The minimum atomic E-state index is -4.40. The maximum absolute atomic E-state index is 12.6. The predicted octanol–water partition coefficient (Wildman–Crippen LogP) is 1.44.